The third-order valence-electron chi connectivity index (χ3n) is 4.92. The Morgan fingerprint density at radius 3 is 2.54 bits per heavy atom. The van der Waals surface area contributed by atoms with Crippen molar-refractivity contribution in [3.8, 4) is 11.3 Å². The van der Waals surface area contributed by atoms with Crippen LogP contribution in [0.4, 0.5) is 5.69 Å². The monoisotopic (exact) mass is 345 g/mol. The van der Waals surface area contributed by atoms with E-state index in [1.807, 2.05) is 28.9 Å². The van der Waals surface area contributed by atoms with Gasteiger partial charge in [-0.1, -0.05) is 35.4 Å². The summed E-state index contributed by atoms with van der Waals surface area (Å²) in [6.45, 7) is 4.90. The second kappa shape index (κ2) is 6.45. The molecular formula is C22H23N3O. The van der Waals surface area contributed by atoms with Crippen LogP contribution >= 0.6 is 0 Å². The largest absolute Gasteiger partial charge is 0.312 e. The highest BCUT2D eigenvalue weighted by Gasteiger charge is 2.25. The van der Waals surface area contributed by atoms with Crippen molar-refractivity contribution in [2.24, 2.45) is 7.05 Å². The van der Waals surface area contributed by atoms with Crippen LogP contribution in [0.25, 0.3) is 11.3 Å². The topological polar surface area (TPSA) is 38.1 Å². The zero-order valence-electron chi connectivity index (χ0n) is 15.5. The lowest BCUT2D eigenvalue weighted by Crippen LogP contribution is -2.30. The normalized spacial score (nSPS) is 13.1. The highest BCUT2D eigenvalue weighted by Crippen LogP contribution is 2.32. The fourth-order valence-electron chi connectivity index (χ4n) is 3.83. The highest BCUT2D eigenvalue weighted by atomic mass is 16.2. The maximum Gasteiger partial charge on any atom is 0.231 e. The molecule has 0 fully saturated rings. The number of aromatic nitrogens is 2. The van der Waals surface area contributed by atoms with Gasteiger partial charge in [-0.3, -0.25) is 9.48 Å². The van der Waals surface area contributed by atoms with Crippen molar-refractivity contribution in [3.05, 3.63) is 70.9 Å². The number of amides is 1. The Morgan fingerprint density at radius 1 is 1.08 bits per heavy atom. The minimum Gasteiger partial charge on any atom is -0.312 e. The smallest absolute Gasteiger partial charge is 0.231 e. The van der Waals surface area contributed by atoms with Crippen molar-refractivity contribution < 1.29 is 4.79 Å². The minimum atomic E-state index is 0.166. The van der Waals surface area contributed by atoms with E-state index in [4.69, 9.17) is 0 Å². The first-order chi connectivity index (χ1) is 12.5. The molecule has 4 rings (SSSR count). The van der Waals surface area contributed by atoms with Crippen molar-refractivity contribution in [1.29, 1.82) is 0 Å². The molecule has 3 aromatic rings. The van der Waals surface area contributed by atoms with Crippen molar-refractivity contribution in [2.45, 2.75) is 26.7 Å². The van der Waals surface area contributed by atoms with Crippen LogP contribution in [-0.4, -0.2) is 22.2 Å². The molecule has 2 heterocycles. The average Bonchev–Trinajstić information content (AvgIpc) is 3.19. The first-order valence-corrected chi connectivity index (χ1v) is 9.00. The van der Waals surface area contributed by atoms with E-state index in [1.165, 1.54) is 16.7 Å². The molecule has 1 aliphatic heterocycles. The van der Waals surface area contributed by atoms with Gasteiger partial charge < -0.3 is 4.90 Å². The molecule has 0 saturated heterocycles. The summed E-state index contributed by atoms with van der Waals surface area (Å²) in [6, 6.07) is 14.6. The molecule has 1 aliphatic rings. The van der Waals surface area contributed by atoms with Gasteiger partial charge in [0.05, 0.1) is 12.1 Å². The molecule has 0 atom stereocenters. The van der Waals surface area contributed by atoms with Crippen molar-refractivity contribution in [2.75, 3.05) is 11.4 Å². The molecule has 0 radical (unpaired) electrons. The molecule has 0 aliphatic carbocycles. The molecule has 2 aromatic carbocycles. The molecule has 4 nitrogen and oxygen atoms in total. The second-order valence-corrected chi connectivity index (χ2v) is 7.19. The van der Waals surface area contributed by atoms with E-state index in [0.717, 1.165) is 35.5 Å². The average molecular weight is 345 g/mol. The number of hydrogen-bond donors (Lipinski definition) is 0. The standard InChI is InChI=1S/C22H23N3O/c1-15-10-16(2)12-17(11-15)13-22(26)25-9-6-19-14-18(4-5-21(19)25)20-7-8-24(3)23-20/h4-5,7-8,10-12,14H,6,9,13H2,1-3H3. The molecule has 0 saturated carbocycles. The molecule has 0 bridgehead atoms. The number of rotatable bonds is 3. The molecule has 0 spiro atoms. The van der Waals surface area contributed by atoms with E-state index in [-0.39, 0.29) is 5.91 Å². The molecule has 26 heavy (non-hydrogen) atoms. The van der Waals surface area contributed by atoms with Crippen LogP contribution < -0.4 is 4.90 Å². The van der Waals surface area contributed by atoms with Crippen molar-refractivity contribution in [3.63, 3.8) is 0 Å². The van der Waals surface area contributed by atoms with Gasteiger partial charge in [0.2, 0.25) is 5.91 Å². The summed E-state index contributed by atoms with van der Waals surface area (Å²) in [6.07, 6.45) is 3.29. The van der Waals surface area contributed by atoms with Crippen LogP contribution in [-0.2, 0) is 24.7 Å². The van der Waals surface area contributed by atoms with Gasteiger partial charge in [-0.2, -0.15) is 5.10 Å². The SMILES string of the molecule is Cc1cc(C)cc(CC(=O)N2CCc3cc(-c4ccn(C)n4)ccc32)c1. The zero-order chi connectivity index (χ0) is 18.3. The molecule has 132 valence electrons. The summed E-state index contributed by atoms with van der Waals surface area (Å²) < 4.78 is 1.81. The predicted molar refractivity (Wildman–Crippen MR) is 104 cm³/mol. The summed E-state index contributed by atoms with van der Waals surface area (Å²) in [7, 11) is 1.92. The molecule has 4 heteroatoms. The Balaban J connectivity index is 1.56. The number of benzene rings is 2. The number of carbonyl (C=O) groups is 1. The first kappa shape index (κ1) is 16.6. The Morgan fingerprint density at radius 2 is 1.85 bits per heavy atom. The van der Waals surface area contributed by atoms with E-state index in [2.05, 4.69) is 55.3 Å². The number of carbonyl (C=O) groups excluding carboxylic acids is 1. The van der Waals surface area contributed by atoms with Gasteiger partial charge in [0.25, 0.3) is 0 Å². The zero-order valence-corrected chi connectivity index (χ0v) is 15.5. The number of fused-ring (bicyclic) bond motifs is 1. The third kappa shape index (κ3) is 3.15. The van der Waals surface area contributed by atoms with Gasteiger partial charge >= 0.3 is 0 Å². The minimum absolute atomic E-state index is 0.166. The molecule has 0 unspecified atom stereocenters. The summed E-state index contributed by atoms with van der Waals surface area (Å²) in [5, 5.41) is 4.47. The molecule has 1 aromatic heterocycles. The van der Waals surface area contributed by atoms with Gasteiger partial charge in [-0.15, -0.1) is 0 Å². The quantitative estimate of drug-likeness (QED) is 0.723. The maximum atomic E-state index is 12.9. The summed E-state index contributed by atoms with van der Waals surface area (Å²) in [4.78, 5) is 14.8. The fraction of sp³-hybridized carbons (Fsp3) is 0.273. The van der Waals surface area contributed by atoms with Crippen LogP contribution in [0.2, 0.25) is 0 Å². The lowest BCUT2D eigenvalue weighted by Gasteiger charge is -2.18. The van der Waals surface area contributed by atoms with Gasteiger partial charge in [0.1, 0.15) is 0 Å². The lowest BCUT2D eigenvalue weighted by atomic mass is 10.0. The lowest BCUT2D eigenvalue weighted by molar-refractivity contribution is -0.117. The van der Waals surface area contributed by atoms with E-state index in [9.17, 15) is 4.79 Å². The molecule has 1 amide bonds. The number of aryl methyl sites for hydroxylation is 3. The van der Waals surface area contributed by atoms with E-state index in [1.54, 1.807) is 0 Å². The predicted octanol–water partition coefficient (Wildman–Crippen LogP) is 3.84. The Labute approximate surface area is 154 Å². The van der Waals surface area contributed by atoms with Crippen LogP contribution in [0.3, 0.4) is 0 Å². The Kier molecular flexibility index (Phi) is 4.11. The van der Waals surface area contributed by atoms with E-state index >= 15 is 0 Å². The van der Waals surface area contributed by atoms with Crippen molar-refractivity contribution in [1.82, 2.24) is 9.78 Å². The van der Waals surface area contributed by atoms with E-state index in [0.29, 0.717) is 6.42 Å². The van der Waals surface area contributed by atoms with Crippen LogP contribution in [0.1, 0.15) is 22.3 Å². The number of hydrogen-bond acceptors (Lipinski definition) is 2. The van der Waals surface area contributed by atoms with Crippen LogP contribution in [0.15, 0.2) is 48.7 Å². The second-order valence-electron chi connectivity index (χ2n) is 7.19. The summed E-state index contributed by atoms with van der Waals surface area (Å²) in [5.41, 5.74) is 7.83. The molecular weight excluding hydrogens is 322 g/mol. The third-order valence-corrected chi connectivity index (χ3v) is 4.92. The maximum absolute atomic E-state index is 12.9. The summed E-state index contributed by atoms with van der Waals surface area (Å²) in [5.74, 6) is 0.166. The van der Waals surface area contributed by atoms with Crippen LogP contribution in [0.5, 0.6) is 0 Å². The van der Waals surface area contributed by atoms with Gasteiger partial charge in [-0.25, -0.2) is 0 Å². The van der Waals surface area contributed by atoms with Crippen LogP contribution in [0, 0.1) is 13.8 Å². The Bertz CT molecular complexity index is 967. The highest BCUT2D eigenvalue weighted by molar-refractivity contribution is 5.97. The van der Waals surface area contributed by atoms with Gasteiger partial charge in [-0.05, 0) is 49.6 Å². The Hall–Kier alpha value is -2.88. The van der Waals surface area contributed by atoms with E-state index < -0.39 is 0 Å². The van der Waals surface area contributed by atoms with Gasteiger partial charge in [0, 0.05) is 31.0 Å². The number of nitrogens with zero attached hydrogens (tertiary/aromatic N) is 3. The fourth-order valence-corrected chi connectivity index (χ4v) is 3.83. The first-order valence-electron chi connectivity index (χ1n) is 9.00. The number of anilines is 1. The van der Waals surface area contributed by atoms with Gasteiger partial charge in [0.15, 0.2) is 0 Å². The summed E-state index contributed by atoms with van der Waals surface area (Å²) >= 11 is 0. The van der Waals surface area contributed by atoms with Crippen molar-refractivity contribution >= 4 is 11.6 Å². The molecule has 0 N–H and O–H groups in total.